The third kappa shape index (κ3) is 2.07. The number of carbonyl (C=O) groups excluding carboxylic acids is 2. The van der Waals surface area contributed by atoms with Crippen LogP contribution < -0.4 is 0 Å². The molecule has 0 radical (unpaired) electrons. The molecule has 0 bridgehead atoms. The zero-order chi connectivity index (χ0) is 11.9. The van der Waals surface area contributed by atoms with Crippen molar-refractivity contribution in [2.45, 2.75) is 19.6 Å². The fraction of sp³-hybridized carbons (Fsp3) is 0.375. The molecule has 0 amide bonds. The summed E-state index contributed by atoms with van der Waals surface area (Å²) in [5.41, 5.74) is -0.192. The summed E-state index contributed by atoms with van der Waals surface area (Å²) < 4.78 is 13.7. The average Bonchev–Trinajstić information content (AvgIpc) is 2.48. The molecule has 8 heteroatoms. The minimum absolute atomic E-state index is 0.110. The first kappa shape index (κ1) is 11.8. The number of ether oxygens (including phenoxy) is 2. The molecule has 16 heavy (non-hydrogen) atoms. The van der Waals surface area contributed by atoms with Crippen molar-refractivity contribution in [1.82, 2.24) is 0 Å². The molecule has 0 N–H and O–H groups in total. The van der Waals surface area contributed by atoms with Crippen molar-refractivity contribution in [2.24, 2.45) is 4.40 Å². The molecular formula is C8H6ClNO4S2. The Bertz CT molecular complexity index is 421. The van der Waals surface area contributed by atoms with Gasteiger partial charge < -0.3 is 9.47 Å². The normalized spacial score (nSPS) is 24.1. The van der Waals surface area contributed by atoms with Crippen LogP contribution >= 0.6 is 33.4 Å². The highest BCUT2D eigenvalue weighted by Gasteiger charge is 2.42. The lowest BCUT2D eigenvalue weighted by Crippen LogP contribution is -2.42. The number of rotatable bonds is 0. The summed E-state index contributed by atoms with van der Waals surface area (Å²) in [4.78, 5) is 23.6. The highest BCUT2D eigenvalue weighted by Crippen LogP contribution is 2.43. The van der Waals surface area contributed by atoms with Gasteiger partial charge in [-0.3, -0.25) is 0 Å². The number of esters is 2. The van der Waals surface area contributed by atoms with Crippen LogP contribution in [0.4, 0.5) is 0 Å². The van der Waals surface area contributed by atoms with Gasteiger partial charge in [-0.15, -0.1) is 0 Å². The van der Waals surface area contributed by atoms with Crippen molar-refractivity contribution in [2.75, 3.05) is 0 Å². The van der Waals surface area contributed by atoms with Crippen molar-refractivity contribution in [3.05, 3.63) is 10.5 Å². The van der Waals surface area contributed by atoms with Gasteiger partial charge in [0.1, 0.15) is 0 Å². The molecule has 1 fully saturated rings. The number of halogens is 1. The van der Waals surface area contributed by atoms with E-state index in [4.69, 9.17) is 21.1 Å². The van der Waals surface area contributed by atoms with Crippen molar-refractivity contribution in [3.63, 3.8) is 0 Å². The standard InChI is InChI=1S/C8H6ClNO4S2/c1-8(2)13-6(11)3(7(12)14-8)4-5(9)10-16-15-4/h1-2H3. The van der Waals surface area contributed by atoms with Gasteiger partial charge in [0.25, 0.3) is 5.79 Å². The van der Waals surface area contributed by atoms with Crippen molar-refractivity contribution in [3.8, 4) is 0 Å². The smallest absolute Gasteiger partial charge is 0.350 e. The minimum Gasteiger partial charge on any atom is -0.419 e. The molecule has 0 saturated carbocycles. The second-order valence-electron chi connectivity index (χ2n) is 3.42. The monoisotopic (exact) mass is 279 g/mol. The van der Waals surface area contributed by atoms with Crippen LogP contribution in [0.5, 0.6) is 0 Å². The summed E-state index contributed by atoms with van der Waals surface area (Å²) in [5.74, 6) is -2.71. The van der Waals surface area contributed by atoms with Crippen LogP contribution in [0.3, 0.4) is 0 Å². The quantitative estimate of drug-likeness (QED) is 0.222. The third-order valence-electron chi connectivity index (χ3n) is 1.74. The first-order valence-corrected chi connectivity index (χ1v) is 6.68. The molecule has 0 atom stereocenters. The zero-order valence-electron chi connectivity index (χ0n) is 8.27. The van der Waals surface area contributed by atoms with Crippen LogP contribution in [0.2, 0.25) is 0 Å². The Morgan fingerprint density at radius 2 is 1.81 bits per heavy atom. The van der Waals surface area contributed by atoms with E-state index in [2.05, 4.69) is 4.40 Å². The van der Waals surface area contributed by atoms with E-state index in [0.29, 0.717) is 0 Å². The van der Waals surface area contributed by atoms with Gasteiger partial charge in [0.15, 0.2) is 10.7 Å². The summed E-state index contributed by atoms with van der Waals surface area (Å²) >= 11 is 5.75. The maximum absolute atomic E-state index is 11.6. The molecule has 2 heterocycles. The predicted molar refractivity (Wildman–Crippen MR) is 61.8 cm³/mol. The molecule has 0 unspecified atom stereocenters. The van der Waals surface area contributed by atoms with E-state index in [1.807, 2.05) is 0 Å². The van der Waals surface area contributed by atoms with Crippen LogP contribution in [0.1, 0.15) is 13.8 Å². The third-order valence-corrected chi connectivity index (χ3v) is 4.07. The van der Waals surface area contributed by atoms with Crippen LogP contribution in [0.15, 0.2) is 14.9 Å². The highest BCUT2D eigenvalue weighted by atomic mass is 35.5. The largest absolute Gasteiger partial charge is 0.419 e. The molecule has 2 aliphatic rings. The molecule has 86 valence electrons. The Morgan fingerprint density at radius 1 is 1.25 bits per heavy atom. The van der Waals surface area contributed by atoms with Gasteiger partial charge in [0.05, 0.1) is 15.9 Å². The van der Waals surface area contributed by atoms with E-state index in [9.17, 15) is 9.59 Å². The van der Waals surface area contributed by atoms with Gasteiger partial charge in [0.2, 0.25) is 0 Å². The van der Waals surface area contributed by atoms with E-state index < -0.39 is 17.7 Å². The van der Waals surface area contributed by atoms with E-state index >= 15 is 0 Å². The summed E-state index contributed by atoms with van der Waals surface area (Å²) in [6.07, 6.45) is 0. The first-order chi connectivity index (χ1) is 7.41. The highest BCUT2D eigenvalue weighted by molar-refractivity contribution is 8.78. The topological polar surface area (TPSA) is 65.0 Å². The Kier molecular flexibility index (Phi) is 2.93. The Morgan fingerprint density at radius 3 is 2.25 bits per heavy atom. The van der Waals surface area contributed by atoms with Gasteiger partial charge in [-0.2, -0.15) is 4.40 Å². The molecule has 5 nitrogen and oxygen atoms in total. The lowest BCUT2D eigenvalue weighted by atomic mass is 10.2. The fourth-order valence-electron chi connectivity index (χ4n) is 1.15. The SMILES string of the molecule is CC1(C)OC(=O)C(=C2SSN=C2Cl)C(=O)O1. The van der Waals surface area contributed by atoms with Crippen molar-refractivity contribution in [1.29, 1.82) is 0 Å². The molecule has 0 aromatic carbocycles. The van der Waals surface area contributed by atoms with Crippen LogP contribution in [0.25, 0.3) is 0 Å². The Balaban J connectivity index is 2.41. The lowest BCUT2D eigenvalue weighted by Gasteiger charge is -2.30. The maximum Gasteiger partial charge on any atom is 0.350 e. The fourth-order valence-corrected chi connectivity index (χ4v) is 3.46. The molecule has 2 rings (SSSR count). The molecule has 0 aromatic rings. The van der Waals surface area contributed by atoms with Gasteiger partial charge in [-0.05, 0) is 10.8 Å². The first-order valence-electron chi connectivity index (χ1n) is 4.19. The summed E-state index contributed by atoms with van der Waals surface area (Å²) in [7, 11) is 2.21. The maximum atomic E-state index is 11.6. The zero-order valence-corrected chi connectivity index (χ0v) is 10.7. The number of hydrogen-bond acceptors (Lipinski definition) is 7. The van der Waals surface area contributed by atoms with Crippen LogP contribution in [-0.4, -0.2) is 22.9 Å². The van der Waals surface area contributed by atoms with Gasteiger partial charge in [0, 0.05) is 13.8 Å². The number of nitrogens with zero attached hydrogens (tertiary/aromatic N) is 1. The Hall–Kier alpha value is -0.660. The van der Waals surface area contributed by atoms with E-state index in [-0.39, 0.29) is 15.6 Å². The molecule has 2 aliphatic heterocycles. The number of allylic oxidation sites excluding steroid dienone is 1. The van der Waals surface area contributed by atoms with Gasteiger partial charge >= 0.3 is 11.9 Å². The number of carbonyl (C=O) groups is 2. The molecular weight excluding hydrogens is 274 g/mol. The Labute approximate surface area is 104 Å². The molecule has 0 aromatic heterocycles. The van der Waals surface area contributed by atoms with E-state index in [1.165, 1.54) is 13.8 Å². The molecule has 1 saturated heterocycles. The predicted octanol–water partition coefficient (Wildman–Crippen LogP) is 2.02. The van der Waals surface area contributed by atoms with Gasteiger partial charge in [-0.25, -0.2) is 9.59 Å². The summed E-state index contributed by atoms with van der Waals surface area (Å²) in [6, 6.07) is 0. The molecule has 0 spiro atoms. The number of hydrogen-bond donors (Lipinski definition) is 0. The second-order valence-corrected chi connectivity index (χ2v) is 5.63. The summed E-state index contributed by atoms with van der Waals surface area (Å²) in [6.45, 7) is 2.97. The summed E-state index contributed by atoms with van der Waals surface area (Å²) in [5, 5.41) is 0.110. The second kappa shape index (κ2) is 3.97. The van der Waals surface area contributed by atoms with Crippen LogP contribution in [0, 0.1) is 0 Å². The van der Waals surface area contributed by atoms with Crippen LogP contribution in [-0.2, 0) is 19.1 Å². The minimum atomic E-state index is -1.24. The molecule has 0 aliphatic carbocycles. The van der Waals surface area contributed by atoms with E-state index in [1.54, 1.807) is 0 Å². The van der Waals surface area contributed by atoms with E-state index in [0.717, 1.165) is 21.8 Å². The van der Waals surface area contributed by atoms with Gasteiger partial charge in [-0.1, -0.05) is 11.6 Å². The van der Waals surface area contributed by atoms with Crippen molar-refractivity contribution < 1.29 is 19.1 Å². The number of cyclic esters (lactones) is 2. The average molecular weight is 280 g/mol. The van der Waals surface area contributed by atoms with Crippen molar-refractivity contribution >= 4 is 50.5 Å². The lowest BCUT2D eigenvalue weighted by molar-refractivity contribution is -0.222.